The molecule has 0 aliphatic carbocycles. The van der Waals surface area contributed by atoms with E-state index in [1.807, 2.05) is 18.2 Å². The Balaban J connectivity index is 1.42. The van der Waals surface area contributed by atoms with Crippen LogP contribution in [-0.4, -0.2) is 21.5 Å². The van der Waals surface area contributed by atoms with Gasteiger partial charge in [0.1, 0.15) is 5.75 Å². The molecule has 1 heterocycles. The molecule has 0 amide bonds. The van der Waals surface area contributed by atoms with Crippen molar-refractivity contribution in [3.63, 3.8) is 0 Å². The first-order valence-corrected chi connectivity index (χ1v) is 10.1. The van der Waals surface area contributed by atoms with Gasteiger partial charge in [0, 0.05) is 11.3 Å². The quantitative estimate of drug-likeness (QED) is 0.325. The monoisotopic (exact) mass is 424 g/mol. The fraction of sp³-hybridized carbons (Fsp3) is 0.0909. The molecule has 0 radical (unpaired) electrons. The predicted molar refractivity (Wildman–Crippen MR) is 114 cm³/mol. The SMILES string of the molecule is Nn1c(SCc2ccc(-c3ccccc3)cc2)nnc1-c1ccc(OC(F)F)cc1. The summed E-state index contributed by atoms with van der Waals surface area (Å²) in [5, 5.41) is 8.82. The lowest BCUT2D eigenvalue weighted by Gasteiger charge is -2.07. The van der Waals surface area contributed by atoms with Crippen LogP contribution in [0.4, 0.5) is 8.78 Å². The maximum absolute atomic E-state index is 12.3. The van der Waals surface area contributed by atoms with Crippen LogP contribution in [0.25, 0.3) is 22.5 Å². The maximum atomic E-state index is 12.3. The van der Waals surface area contributed by atoms with Gasteiger partial charge in [-0.25, -0.2) is 4.68 Å². The minimum absolute atomic E-state index is 0.0744. The molecule has 0 spiro atoms. The van der Waals surface area contributed by atoms with Crippen LogP contribution >= 0.6 is 11.8 Å². The van der Waals surface area contributed by atoms with Crippen molar-refractivity contribution in [3.05, 3.63) is 84.4 Å². The number of hydrogen-bond donors (Lipinski definition) is 1. The lowest BCUT2D eigenvalue weighted by molar-refractivity contribution is -0.0498. The molecule has 0 unspecified atom stereocenters. The van der Waals surface area contributed by atoms with E-state index in [0.29, 0.717) is 22.3 Å². The Morgan fingerprint density at radius 1 is 0.833 bits per heavy atom. The highest BCUT2D eigenvalue weighted by Crippen LogP contribution is 2.27. The van der Waals surface area contributed by atoms with Crippen molar-refractivity contribution in [1.29, 1.82) is 0 Å². The highest BCUT2D eigenvalue weighted by Gasteiger charge is 2.13. The molecular formula is C22H18F2N4OS. The summed E-state index contributed by atoms with van der Waals surface area (Å²) in [6.45, 7) is -2.86. The predicted octanol–water partition coefficient (Wildman–Crippen LogP) is 5.22. The largest absolute Gasteiger partial charge is 0.435 e. The van der Waals surface area contributed by atoms with Crippen molar-refractivity contribution >= 4 is 11.8 Å². The van der Waals surface area contributed by atoms with Crippen LogP contribution in [0.3, 0.4) is 0 Å². The second-order valence-corrected chi connectivity index (χ2v) is 7.37. The Hall–Kier alpha value is -3.39. The van der Waals surface area contributed by atoms with E-state index < -0.39 is 6.61 Å². The molecule has 0 bridgehead atoms. The number of aromatic nitrogens is 3. The number of thioether (sulfide) groups is 1. The van der Waals surface area contributed by atoms with E-state index in [0.717, 1.165) is 11.1 Å². The first-order chi connectivity index (χ1) is 14.6. The van der Waals surface area contributed by atoms with E-state index in [2.05, 4.69) is 51.3 Å². The maximum Gasteiger partial charge on any atom is 0.387 e. The molecule has 3 aromatic carbocycles. The van der Waals surface area contributed by atoms with E-state index >= 15 is 0 Å². The Labute approximate surface area is 176 Å². The number of halogens is 2. The first kappa shape index (κ1) is 19.9. The number of ether oxygens (including phenoxy) is 1. The molecule has 152 valence electrons. The van der Waals surface area contributed by atoms with Crippen molar-refractivity contribution in [3.8, 4) is 28.3 Å². The third kappa shape index (κ3) is 4.60. The third-order valence-corrected chi connectivity index (χ3v) is 5.45. The van der Waals surface area contributed by atoms with E-state index in [9.17, 15) is 8.78 Å². The minimum Gasteiger partial charge on any atom is -0.435 e. The minimum atomic E-state index is -2.86. The van der Waals surface area contributed by atoms with E-state index in [1.165, 1.54) is 34.1 Å². The van der Waals surface area contributed by atoms with E-state index in [4.69, 9.17) is 5.84 Å². The zero-order valence-corrected chi connectivity index (χ0v) is 16.6. The van der Waals surface area contributed by atoms with Gasteiger partial charge in [0.25, 0.3) is 0 Å². The summed E-state index contributed by atoms with van der Waals surface area (Å²) < 4.78 is 30.3. The summed E-state index contributed by atoms with van der Waals surface area (Å²) >= 11 is 1.47. The number of hydrogen-bond acceptors (Lipinski definition) is 5. The molecule has 0 saturated carbocycles. The standard InChI is InChI=1S/C22H18F2N4OS/c23-21(24)29-19-12-10-18(11-13-19)20-26-27-22(28(20)25)30-14-15-6-8-17(9-7-15)16-4-2-1-3-5-16/h1-13,21H,14,25H2. The molecule has 0 fully saturated rings. The van der Waals surface area contributed by atoms with Crippen LogP contribution in [0, 0.1) is 0 Å². The van der Waals surface area contributed by atoms with E-state index in [-0.39, 0.29) is 5.75 Å². The Bertz CT molecular complexity index is 1100. The molecule has 0 aliphatic rings. The van der Waals surface area contributed by atoms with Crippen LogP contribution in [0.1, 0.15) is 5.56 Å². The number of nitrogens with two attached hydrogens (primary N) is 1. The molecule has 2 N–H and O–H groups in total. The number of alkyl halides is 2. The molecular weight excluding hydrogens is 406 g/mol. The van der Waals surface area contributed by atoms with Gasteiger partial charge in [-0.15, -0.1) is 10.2 Å². The first-order valence-electron chi connectivity index (χ1n) is 9.13. The summed E-state index contributed by atoms with van der Waals surface area (Å²) in [6, 6.07) is 24.6. The van der Waals surface area contributed by atoms with Gasteiger partial charge in [0.2, 0.25) is 5.16 Å². The van der Waals surface area contributed by atoms with Gasteiger partial charge in [-0.1, -0.05) is 66.4 Å². The third-order valence-electron chi connectivity index (χ3n) is 4.43. The second-order valence-electron chi connectivity index (χ2n) is 6.43. The van der Waals surface area contributed by atoms with Crippen molar-refractivity contribution in [2.75, 3.05) is 5.84 Å². The van der Waals surface area contributed by atoms with Gasteiger partial charge in [0.15, 0.2) is 5.82 Å². The Kier molecular flexibility index (Phi) is 5.94. The number of benzene rings is 3. The highest BCUT2D eigenvalue weighted by molar-refractivity contribution is 7.98. The van der Waals surface area contributed by atoms with Gasteiger partial charge >= 0.3 is 6.61 Å². The average molecular weight is 424 g/mol. The zero-order valence-electron chi connectivity index (χ0n) is 15.8. The molecule has 4 rings (SSSR count). The molecule has 0 atom stereocenters. The summed E-state index contributed by atoms with van der Waals surface area (Å²) in [5.41, 5.74) is 4.13. The number of nitrogen functional groups attached to an aromatic ring is 1. The molecule has 1 aromatic heterocycles. The normalized spacial score (nSPS) is 11.0. The summed E-state index contributed by atoms with van der Waals surface area (Å²) in [6.07, 6.45) is 0. The second kappa shape index (κ2) is 8.96. The number of nitrogens with zero attached hydrogens (tertiary/aromatic N) is 3. The topological polar surface area (TPSA) is 66.0 Å². The van der Waals surface area contributed by atoms with Crippen LogP contribution in [0.15, 0.2) is 84.0 Å². The fourth-order valence-electron chi connectivity index (χ4n) is 2.93. The molecule has 8 heteroatoms. The van der Waals surface area contributed by atoms with Gasteiger partial charge < -0.3 is 10.6 Å². The van der Waals surface area contributed by atoms with Gasteiger partial charge in [-0.2, -0.15) is 8.78 Å². The zero-order chi connectivity index (χ0) is 20.9. The smallest absolute Gasteiger partial charge is 0.387 e. The van der Waals surface area contributed by atoms with E-state index in [1.54, 1.807) is 12.1 Å². The average Bonchev–Trinajstić information content (AvgIpc) is 3.14. The number of rotatable bonds is 7. The summed E-state index contributed by atoms with van der Waals surface area (Å²) in [7, 11) is 0. The molecule has 5 nitrogen and oxygen atoms in total. The van der Waals surface area contributed by atoms with Crippen molar-refractivity contribution in [1.82, 2.24) is 14.9 Å². The van der Waals surface area contributed by atoms with Crippen LogP contribution in [0.5, 0.6) is 5.75 Å². The summed E-state index contributed by atoms with van der Waals surface area (Å²) in [4.78, 5) is 0. The summed E-state index contributed by atoms with van der Waals surface area (Å²) in [5.74, 6) is 7.34. The van der Waals surface area contributed by atoms with Crippen molar-refractivity contribution in [2.24, 2.45) is 0 Å². The molecule has 30 heavy (non-hydrogen) atoms. The van der Waals surface area contributed by atoms with Crippen LogP contribution in [0.2, 0.25) is 0 Å². The Morgan fingerprint density at radius 2 is 1.47 bits per heavy atom. The molecule has 4 aromatic rings. The Morgan fingerprint density at radius 3 is 2.13 bits per heavy atom. The van der Waals surface area contributed by atoms with Gasteiger partial charge in [-0.05, 0) is 41.0 Å². The van der Waals surface area contributed by atoms with Gasteiger partial charge in [-0.3, -0.25) is 0 Å². The fourth-order valence-corrected chi connectivity index (χ4v) is 3.74. The van der Waals surface area contributed by atoms with Crippen LogP contribution < -0.4 is 10.6 Å². The molecule has 0 saturated heterocycles. The van der Waals surface area contributed by atoms with Crippen molar-refractivity contribution < 1.29 is 13.5 Å². The lowest BCUT2D eigenvalue weighted by atomic mass is 10.0. The molecule has 0 aliphatic heterocycles. The van der Waals surface area contributed by atoms with Crippen molar-refractivity contribution in [2.45, 2.75) is 17.5 Å². The van der Waals surface area contributed by atoms with Crippen LogP contribution in [-0.2, 0) is 5.75 Å². The lowest BCUT2D eigenvalue weighted by Crippen LogP contribution is -2.11. The van der Waals surface area contributed by atoms with Gasteiger partial charge in [0.05, 0.1) is 0 Å². The highest BCUT2D eigenvalue weighted by atomic mass is 32.2.